The van der Waals surface area contributed by atoms with Gasteiger partial charge in [0.1, 0.15) is 0 Å². The van der Waals surface area contributed by atoms with E-state index in [0.717, 1.165) is 15.6 Å². The number of rotatable bonds is 5. The van der Waals surface area contributed by atoms with Gasteiger partial charge in [0, 0.05) is 45.6 Å². The fourth-order valence-electron chi connectivity index (χ4n) is 2.54. The summed E-state index contributed by atoms with van der Waals surface area (Å²) in [5, 5.41) is 1.11. The van der Waals surface area contributed by atoms with Gasteiger partial charge in [0.15, 0.2) is 0 Å². The normalized spacial score (nSPS) is 10.6. The minimum Gasteiger partial charge on any atom is -0.330 e. The summed E-state index contributed by atoms with van der Waals surface area (Å²) >= 11 is 15.7. The maximum Gasteiger partial charge on any atom is 0.254 e. The van der Waals surface area contributed by atoms with Crippen molar-refractivity contribution in [3.63, 3.8) is 0 Å². The molecule has 0 aliphatic carbocycles. The summed E-state index contributed by atoms with van der Waals surface area (Å²) < 4.78 is 0.925. The topological polar surface area (TPSA) is 33.2 Å². The number of aromatic nitrogens is 1. The molecular weight excluding hydrogens is 435 g/mol. The molecule has 0 fully saturated rings. The molecule has 0 bridgehead atoms. The molecule has 132 valence electrons. The number of nitrogens with zero attached hydrogens (tertiary/aromatic N) is 2. The van der Waals surface area contributed by atoms with Crippen molar-refractivity contribution < 1.29 is 4.79 Å². The van der Waals surface area contributed by atoms with Crippen molar-refractivity contribution in [1.29, 1.82) is 0 Å². The van der Waals surface area contributed by atoms with E-state index in [1.165, 1.54) is 0 Å². The SMILES string of the molecule is O=C(c1ccc(Br)cc1)N(Cc1cccnc1)Cc1ccc(Cl)cc1Cl. The largest absolute Gasteiger partial charge is 0.330 e. The molecule has 1 amide bonds. The standard InChI is InChI=1S/C20H15BrCl2N2O/c21-17-6-3-15(4-7-17)20(26)25(12-14-2-1-9-24-11-14)13-16-5-8-18(22)10-19(16)23/h1-11H,12-13H2. The molecule has 2 aromatic carbocycles. The van der Waals surface area contributed by atoms with E-state index in [-0.39, 0.29) is 5.91 Å². The lowest BCUT2D eigenvalue weighted by molar-refractivity contribution is 0.0730. The lowest BCUT2D eigenvalue weighted by Crippen LogP contribution is -2.30. The van der Waals surface area contributed by atoms with E-state index in [4.69, 9.17) is 23.2 Å². The molecule has 1 heterocycles. The zero-order valence-corrected chi connectivity index (χ0v) is 16.8. The van der Waals surface area contributed by atoms with Gasteiger partial charge in [-0.3, -0.25) is 9.78 Å². The highest BCUT2D eigenvalue weighted by Crippen LogP contribution is 2.24. The summed E-state index contributed by atoms with van der Waals surface area (Å²) in [6, 6.07) is 16.4. The molecule has 0 atom stereocenters. The number of halogens is 3. The Morgan fingerprint density at radius 3 is 2.46 bits per heavy atom. The zero-order chi connectivity index (χ0) is 18.5. The number of hydrogen-bond donors (Lipinski definition) is 0. The Morgan fingerprint density at radius 2 is 1.81 bits per heavy atom. The summed E-state index contributed by atoms with van der Waals surface area (Å²) in [5.41, 5.74) is 2.40. The van der Waals surface area contributed by atoms with Crippen LogP contribution in [0.2, 0.25) is 10.0 Å². The average Bonchev–Trinajstić information content (AvgIpc) is 2.64. The molecule has 0 aliphatic rings. The van der Waals surface area contributed by atoms with Crippen LogP contribution < -0.4 is 0 Å². The van der Waals surface area contributed by atoms with Crippen LogP contribution in [0.5, 0.6) is 0 Å². The van der Waals surface area contributed by atoms with Gasteiger partial charge in [-0.1, -0.05) is 51.3 Å². The van der Waals surface area contributed by atoms with Crippen LogP contribution >= 0.6 is 39.1 Å². The fourth-order valence-corrected chi connectivity index (χ4v) is 3.27. The third-order valence-corrected chi connectivity index (χ3v) is 4.97. The highest BCUT2D eigenvalue weighted by molar-refractivity contribution is 9.10. The van der Waals surface area contributed by atoms with Crippen LogP contribution in [0.15, 0.2) is 71.5 Å². The zero-order valence-electron chi connectivity index (χ0n) is 13.7. The lowest BCUT2D eigenvalue weighted by Gasteiger charge is -2.23. The van der Waals surface area contributed by atoms with Gasteiger partial charge in [-0.15, -0.1) is 0 Å². The van der Waals surface area contributed by atoms with E-state index in [1.54, 1.807) is 41.6 Å². The lowest BCUT2D eigenvalue weighted by atomic mass is 10.1. The Balaban J connectivity index is 1.90. The minimum atomic E-state index is -0.0765. The third-order valence-electron chi connectivity index (χ3n) is 3.85. The first kappa shape index (κ1) is 18.9. The van der Waals surface area contributed by atoms with Crippen molar-refractivity contribution in [2.75, 3.05) is 0 Å². The van der Waals surface area contributed by atoms with Gasteiger partial charge in [-0.2, -0.15) is 0 Å². The summed E-state index contributed by atoms with van der Waals surface area (Å²) in [6.45, 7) is 0.807. The van der Waals surface area contributed by atoms with Crippen LogP contribution in [0.4, 0.5) is 0 Å². The van der Waals surface area contributed by atoms with E-state index in [0.29, 0.717) is 28.7 Å². The number of carbonyl (C=O) groups excluding carboxylic acids is 1. The molecule has 3 aromatic rings. The molecule has 0 saturated carbocycles. The minimum absolute atomic E-state index is 0.0765. The van der Waals surface area contributed by atoms with E-state index >= 15 is 0 Å². The van der Waals surface area contributed by atoms with Crippen LogP contribution in [-0.2, 0) is 13.1 Å². The van der Waals surface area contributed by atoms with Gasteiger partial charge in [0.2, 0.25) is 0 Å². The van der Waals surface area contributed by atoms with Gasteiger partial charge in [-0.05, 0) is 53.6 Å². The summed E-state index contributed by atoms with van der Waals surface area (Å²) in [5.74, 6) is -0.0765. The van der Waals surface area contributed by atoms with E-state index in [1.807, 2.05) is 30.3 Å². The summed E-state index contributed by atoms with van der Waals surface area (Å²) in [6.07, 6.45) is 3.46. The first-order valence-electron chi connectivity index (χ1n) is 7.90. The van der Waals surface area contributed by atoms with Crippen LogP contribution in [0.1, 0.15) is 21.5 Å². The smallest absolute Gasteiger partial charge is 0.254 e. The molecule has 1 aromatic heterocycles. The van der Waals surface area contributed by atoms with Gasteiger partial charge in [0.25, 0.3) is 5.91 Å². The first-order valence-corrected chi connectivity index (χ1v) is 9.45. The molecule has 0 saturated heterocycles. The van der Waals surface area contributed by atoms with Crippen molar-refractivity contribution in [2.45, 2.75) is 13.1 Å². The Hall–Kier alpha value is -1.88. The Kier molecular flexibility index (Phi) is 6.30. The van der Waals surface area contributed by atoms with Gasteiger partial charge in [-0.25, -0.2) is 0 Å². The predicted octanol–water partition coefficient (Wildman–Crippen LogP) is 5.99. The second-order valence-electron chi connectivity index (χ2n) is 5.77. The second-order valence-corrected chi connectivity index (χ2v) is 7.52. The van der Waals surface area contributed by atoms with E-state index in [9.17, 15) is 4.79 Å². The van der Waals surface area contributed by atoms with Crippen LogP contribution in [0.3, 0.4) is 0 Å². The fraction of sp³-hybridized carbons (Fsp3) is 0.100. The quantitative estimate of drug-likeness (QED) is 0.479. The average molecular weight is 450 g/mol. The number of amides is 1. The predicted molar refractivity (Wildman–Crippen MR) is 108 cm³/mol. The van der Waals surface area contributed by atoms with Crippen LogP contribution in [0.25, 0.3) is 0 Å². The second kappa shape index (κ2) is 8.67. The third kappa shape index (κ3) is 4.85. The monoisotopic (exact) mass is 448 g/mol. The first-order chi connectivity index (χ1) is 12.5. The summed E-state index contributed by atoms with van der Waals surface area (Å²) in [7, 11) is 0. The molecule has 0 spiro atoms. The highest BCUT2D eigenvalue weighted by atomic mass is 79.9. The van der Waals surface area contributed by atoms with Crippen LogP contribution in [0, 0.1) is 0 Å². The molecule has 0 aliphatic heterocycles. The van der Waals surface area contributed by atoms with Crippen molar-refractivity contribution in [3.8, 4) is 0 Å². The molecule has 0 radical (unpaired) electrons. The van der Waals surface area contributed by atoms with Crippen molar-refractivity contribution >= 4 is 45.0 Å². The Bertz CT molecular complexity index is 901. The molecule has 3 rings (SSSR count). The Labute approximate surface area is 170 Å². The number of benzene rings is 2. The number of pyridine rings is 1. The molecule has 6 heteroatoms. The van der Waals surface area contributed by atoms with E-state index in [2.05, 4.69) is 20.9 Å². The van der Waals surface area contributed by atoms with E-state index < -0.39 is 0 Å². The maximum absolute atomic E-state index is 13.1. The molecule has 0 N–H and O–H groups in total. The van der Waals surface area contributed by atoms with Crippen molar-refractivity contribution in [1.82, 2.24) is 9.88 Å². The number of carbonyl (C=O) groups is 1. The van der Waals surface area contributed by atoms with Gasteiger partial charge >= 0.3 is 0 Å². The van der Waals surface area contributed by atoms with Gasteiger partial charge in [0.05, 0.1) is 0 Å². The molecule has 26 heavy (non-hydrogen) atoms. The maximum atomic E-state index is 13.1. The van der Waals surface area contributed by atoms with Gasteiger partial charge < -0.3 is 4.90 Å². The molecule has 0 unspecified atom stereocenters. The van der Waals surface area contributed by atoms with Crippen LogP contribution in [-0.4, -0.2) is 15.8 Å². The number of hydrogen-bond acceptors (Lipinski definition) is 2. The highest BCUT2D eigenvalue weighted by Gasteiger charge is 2.18. The Morgan fingerprint density at radius 1 is 1.04 bits per heavy atom. The van der Waals surface area contributed by atoms with Crippen molar-refractivity contribution in [2.24, 2.45) is 0 Å². The summed E-state index contributed by atoms with van der Waals surface area (Å²) in [4.78, 5) is 18.9. The van der Waals surface area contributed by atoms with Crippen molar-refractivity contribution in [3.05, 3.63) is 98.2 Å². The molecular formula is C20H15BrCl2N2O. The molecule has 3 nitrogen and oxygen atoms in total.